The second kappa shape index (κ2) is 5.38. The van der Waals surface area contributed by atoms with Crippen molar-refractivity contribution in [3.05, 3.63) is 0 Å². The molecule has 3 amide bonds. The first kappa shape index (κ1) is 13.8. The van der Waals surface area contributed by atoms with E-state index in [1.807, 2.05) is 25.7 Å². The van der Waals surface area contributed by atoms with Crippen molar-refractivity contribution in [1.82, 2.24) is 15.5 Å². The number of carbonyl (C=O) groups is 2. The molecule has 0 radical (unpaired) electrons. The fourth-order valence-electron chi connectivity index (χ4n) is 1.85. The average molecular weight is 241 g/mol. The predicted molar refractivity (Wildman–Crippen MR) is 66.7 cm³/mol. The molecule has 1 aliphatic rings. The molecule has 1 saturated heterocycles. The highest BCUT2D eigenvalue weighted by Crippen LogP contribution is 2.09. The number of hydrogen-bond acceptors (Lipinski definition) is 2. The molecule has 1 unspecified atom stereocenters. The van der Waals surface area contributed by atoms with Crippen LogP contribution in [0, 0.1) is 0 Å². The Hall–Kier alpha value is -1.26. The van der Waals surface area contributed by atoms with E-state index in [1.165, 1.54) is 0 Å². The van der Waals surface area contributed by atoms with E-state index in [-0.39, 0.29) is 17.5 Å². The molecule has 5 heteroatoms. The number of hydrogen-bond donors (Lipinski definition) is 2. The third-order valence-electron chi connectivity index (χ3n) is 2.62. The van der Waals surface area contributed by atoms with Crippen LogP contribution in [0.5, 0.6) is 0 Å². The number of urea groups is 1. The third kappa shape index (κ3) is 4.63. The lowest BCUT2D eigenvalue weighted by atomic mass is 10.1. The third-order valence-corrected chi connectivity index (χ3v) is 2.62. The van der Waals surface area contributed by atoms with Gasteiger partial charge in [-0.3, -0.25) is 4.79 Å². The second-order valence-electron chi connectivity index (χ2n) is 5.60. The van der Waals surface area contributed by atoms with Crippen LogP contribution < -0.4 is 10.6 Å². The van der Waals surface area contributed by atoms with E-state index in [2.05, 4.69) is 10.6 Å². The summed E-state index contributed by atoms with van der Waals surface area (Å²) in [7, 11) is 0. The topological polar surface area (TPSA) is 61.4 Å². The highest BCUT2D eigenvalue weighted by atomic mass is 16.2. The summed E-state index contributed by atoms with van der Waals surface area (Å²) in [5.74, 6) is 0.00607. The first-order valence-corrected chi connectivity index (χ1v) is 6.17. The Morgan fingerprint density at radius 1 is 1.18 bits per heavy atom. The first-order valence-electron chi connectivity index (χ1n) is 6.17. The van der Waals surface area contributed by atoms with E-state index in [1.54, 1.807) is 6.92 Å². The summed E-state index contributed by atoms with van der Waals surface area (Å²) < 4.78 is 0. The van der Waals surface area contributed by atoms with Gasteiger partial charge in [0, 0.05) is 18.6 Å². The van der Waals surface area contributed by atoms with E-state index < -0.39 is 6.04 Å². The van der Waals surface area contributed by atoms with Crippen molar-refractivity contribution in [2.45, 2.75) is 52.1 Å². The summed E-state index contributed by atoms with van der Waals surface area (Å²) in [5.41, 5.74) is -0.291. The molecule has 5 nitrogen and oxygen atoms in total. The molecule has 0 aromatic rings. The first-order chi connectivity index (χ1) is 7.79. The van der Waals surface area contributed by atoms with Crippen LogP contribution in [0.3, 0.4) is 0 Å². The SMILES string of the molecule is CC(NC(=O)NC(C)(C)C)C(=O)N1CCCC1. The molecular weight excluding hydrogens is 218 g/mol. The molecule has 1 fully saturated rings. The lowest BCUT2D eigenvalue weighted by Crippen LogP contribution is -2.53. The Morgan fingerprint density at radius 3 is 2.18 bits per heavy atom. The second-order valence-corrected chi connectivity index (χ2v) is 5.60. The molecule has 0 spiro atoms. The van der Waals surface area contributed by atoms with Gasteiger partial charge in [-0.2, -0.15) is 0 Å². The molecule has 1 atom stereocenters. The Labute approximate surface area is 103 Å². The minimum Gasteiger partial charge on any atom is -0.341 e. The van der Waals surface area contributed by atoms with Crippen LogP contribution in [0.25, 0.3) is 0 Å². The van der Waals surface area contributed by atoms with E-state index in [4.69, 9.17) is 0 Å². The van der Waals surface area contributed by atoms with Crippen LogP contribution >= 0.6 is 0 Å². The molecule has 0 aromatic carbocycles. The zero-order chi connectivity index (χ0) is 13.1. The quantitative estimate of drug-likeness (QED) is 0.760. The van der Waals surface area contributed by atoms with Gasteiger partial charge in [0.1, 0.15) is 6.04 Å². The summed E-state index contributed by atoms with van der Waals surface area (Å²) in [6, 6.07) is -0.756. The maximum absolute atomic E-state index is 11.9. The molecule has 17 heavy (non-hydrogen) atoms. The van der Waals surface area contributed by atoms with Gasteiger partial charge in [-0.25, -0.2) is 4.79 Å². The Kier molecular flexibility index (Phi) is 4.37. The van der Waals surface area contributed by atoms with E-state index in [0.29, 0.717) is 0 Å². The van der Waals surface area contributed by atoms with Gasteiger partial charge < -0.3 is 15.5 Å². The van der Waals surface area contributed by atoms with Gasteiger partial charge in [0.15, 0.2) is 0 Å². The summed E-state index contributed by atoms with van der Waals surface area (Å²) in [6.07, 6.45) is 2.12. The van der Waals surface area contributed by atoms with Gasteiger partial charge in [0.25, 0.3) is 0 Å². The highest BCUT2D eigenvalue weighted by molar-refractivity contribution is 5.87. The Bertz CT molecular complexity index is 291. The zero-order valence-corrected chi connectivity index (χ0v) is 11.2. The van der Waals surface area contributed by atoms with E-state index in [9.17, 15) is 9.59 Å². The van der Waals surface area contributed by atoms with Crippen LogP contribution in [0.2, 0.25) is 0 Å². The number of amides is 3. The summed E-state index contributed by atoms with van der Waals surface area (Å²) in [4.78, 5) is 25.3. The minimum atomic E-state index is -0.463. The highest BCUT2D eigenvalue weighted by Gasteiger charge is 2.25. The van der Waals surface area contributed by atoms with Gasteiger partial charge >= 0.3 is 6.03 Å². The number of carbonyl (C=O) groups excluding carboxylic acids is 2. The van der Waals surface area contributed by atoms with E-state index in [0.717, 1.165) is 25.9 Å². The summed E-state index contributed by atoms with van der Waals surface area (Å²) in [6.45, 7) is 9.05. The van der Waals surface area contributed by atoms with Crippen molar-refractivity contribution in [3.8, 4) is 0 Å². The fourth-order valence-corrected chi connectivity index (χ4v) is 1.85. The normalized spacial score (nSPS) is 17.8. The van der Waals surface area contributed by atoms with Crippen molar-refractivity contribution in [3.63, 3.8) is 0 Å². The molecule has 1 heterocycles. The molecule has 0 bridgehead atoms. The molecule has 1 aliphatic heterocycles. The maximum Gasteiger partial charge on any atom is 0.315 e. The molecule has 0 aromatic heterocycles. The van der Waals surface area contributed by atoms with Gasteiger partial charge in [-0.15, -0.1) is 0 Å². The molecule has 1 rings (SSSR count). The Morgan fingerprint density at radius 2 is 1.71 bits per heavy atom. The number of likely N-dealkylation sites (tertiary alicyclic amines) is 1. The van der Waals surface area contributed by atoms with Gasteiger partial charge in [0.05, 0.1) is 0 Å². The largest absolute Gasteiger partial charge is 0.341 e. The van der Waals surface area contributed by atoms with Crippen LogP contribution in [0.15, 0.2) is 0 Å². The number of nitrogens with one attached hydrogen (secondary N) is 2. The lowest BCUT2D eigenvalue weighted by molar-refractivity contribution is -0.131. The van der Waals surface area contributed by atoms with Crippen molar-refractivity contribution in [2.24, 2.45) is 0 Å². The molecule has 2 N–H and O–H groups in total. The monoisotopic (exact) mass is 241 g/mol. The van der Waals surface area contributed by atoms with Crippen molar-refractivity contribution >= 4 is 11.9 Å². The maximum atomic E-state index is 11.9. The van der Waals surface area contributed by atoms with Crippen molar-refractivity contribution in [1.29, 1.82) is 0 Å². The number of rotatable bonds is 2. The molecule has 98 valence electrons. The predicted octanol–water partition coefficient (Wildman–Crippen LogP) is 1.09. The number of nitrogens with zero attached hydrogens (tertiary/aromatic N) is 1. The summed E-state index contributed by atoms with van der Waals surface area (Å²) >= 11 is 0. The van der Waals surface area contributed by atoms with Crippen LogP contribution in [-0.2, 0) is 4.79 Å². The van der Waals surface area contributed by atoms with Gasteiger partial charge in [0.2, 0.25) is 5.91 Å². The lowest BCUT2D eigenvalue weighted by Gasteiger charge is -2.24. The van der Waals surface area contributed by atoms with Crippen molar-refractivity contribution in [2.75, 3.05) is 13.1 Å². The smallest absolute Gasteiger partial charge is 0.315 e. The van der Waals surface area contributed by atoms with Gasteiger partial charge in [-0.1, -0.05) is 0 Å². The average Bonchev–Trinajstić information content (AvgIpc) is 2.65. The molecule has 0 saturated carbocycles. The van der Waals surface area contributed by atoms with E-state index >= 15 is 0 Å². The zero-order valence-electron chi connectivity index (χ0n) is 11.2. The van der Waals surface area contributed by atoms with Crippen LogP contribution in [0.4, 0.5) is 4.79 Å². The Balaban J connectivity index is 2.40. The fraction of sp³-hybridized carbons (Fsp3) is 0.833. The van der Waals surface area contributed by atoms with Crippen LogP contribution in [0.1, 0.15) is 40.5 Å². The summed E-state index contributed by atoms with van der Waals surface area (Å²) in [5, 5.41) is 5.45. The van der Waals surface area contributed by atoms with Crippen molar-refractivity contribution < 1.29 is 9.59 Å². The van der Waals surface area contributed by atoms with Crippen LogP contribution in [-0.4, -0.2) is 41.5 Å². The molecule has 0 aliphatic carbocycles. The minimum absolute atomic E-state index is 0.00607. The molecular formula is C12H23N3O2. The standard InChI is InChI=1S/C12H23N3O2/c1-9(10(16)15-7-5-6-8-15)13-11(17)14-12(2,3)4/h9H,5-8H2,1-4H3,(H2,13,14,17). The van der Waals surface area contributed by atoms with Gasteiger partial charge in [-0.05, 0) is 40.5 Å².